The summed E-state index contributed by atoms with van der Waals surface area (Å²) in [6, 6.07) is 18.3. The fourth-order valence-corrected chi connectivity index (χ4v) is 4.20. The number of nitrogens with two attached hydrogens (primary N) is 1. The minimum atomic E-state index is -0.568. The molecule has 6 nitrogen and oxygen atoms in total. The molecule has 0 bridgehead atoms. The number of anilines is 1. The van der Waals surface area contributed by atoms with E-state index in [2.05, 4.69) is 9.88 Å². The van der Waals surface area contributed by atoms with Crippen molar-refractivity contribution in [3.05, 3.63) is 72.2 Å². The van der Waals surface area contributed by atoms with Crippen LogP contribution in [0.2, 0.25) is 0 Å². The van der Waals surface area contributed by atoms with Gasteiger partial charge in [-0.2, -0.15) is 5.26 Å². The predicted octanol–water partition coefficient (Wildman–Crippen LogP) is 4.03. The maximum absolute atomic E-state index is 14.4. The lowest BCUT2D eigenvalue weighted by Crippen LogP contribution is -2.42. The summed E-state index contributed by atoms with van der Waals surface area (Å²) in [5.41, 5.74) is 10.1. The van der Waals surface area contributed by atoms with Gasteiger partial charge in [0.05, 0.1) is 11.3 Å². The molecule has 4 aromatic rings. The highest BCUT2D eigenvalue weighted by Gasteiger charge is 2.23. The van der Waals surface area contributed by atoms with E-state index < -0.39 is 5.82 Å². The van der Waals surface area contributed by atoms with E-state index in [4.69, 9.17) is 16.0 Å². The van der Waals surface area contributed by atoms with Crippen molar-refractivity contribution in [2.45, 2.75) is 18.9 Å². The Bertz CT molecular complexity index is 1290. The Labute approximate surface area is 179 Å². The Balaban J connectivity index is 1.75. The van der Waals surface area contributed by atoms with E-state index in [0.29, 0.717) is 17.0 Å². The van der Waals surface area contributed by atoms with Gasteiger partial charge in [0.25, 0.3) is 0 Å². The number of benzene rings is 2. The Kier molecular flexibility index (Phi) is 4.85. The van der Waals surface area contributed by atoms with Crippen LogP contribution in [0.4, 0.5) is 10.1 Å². The van der Waals surface area contributed by atoms with Gasteiger partial charge < -0.3 is 10.6 Å². The van der Waals surface area contributed by atoms with Gasteiger partial charge in [0.1, 0.15) is 23.2 Å². The molecule has 0 spiro atoms. The van der Waals surface area contributed by atoms with Gasteiger partial charge in [-0.1, -0.05) is 18.2 Å². The second-order valence-electron chi connectivity index (χ2n) is 7.76. The summed E-state index contributed by atoms with van der Waals surface area (Å²) in [5, 5.41) is 9.09. The molecule has 0 unspecified atom stereocenters. The molecule has 2 N–H and O–H groups in total. The molecule has 31 heavy (non-hydrogen) atoms. The quantitative estimate of drug-likeness (QED) is 0.549. The van der Waals surface area contributed by atoms with Crippen LogP contribution in [-0.4, -0.2) is 33.7 Å². The number of fused-ring (bicyclic) bond motifs is 1. The number of piperidine rings is 1. The van der Waals surface area contributed by atoms with E-state index in [1.54, 1.807) is 12.3 Å². The van der Waals surface area contributed by atoms with Gasteiger partial charge in [-0.15, -0.1) is 0 Å². The largest absolute Gasteiger partial charge is 0.368 e. The van der Waals surface area contributed by atoms with Crippen molar-refractivity contribution in [2.75, 3.05) is 18.0 Å². The van der Waals surface area contributed by atoms with Crippen molar-refractivity contribution >= 4 is 16.9 Å². The summed E-state index contributed by atoms with van der Waals surface area (Å²) >= 11 is 0. The fraction of sp³-hybridized carbons (Fsp3) is 0.208. The van der Waals surface area contributed by atoms with Crippen molar-refractivity contribution in [2.24, 2.45) is 5.73 Å². The normalized spacial score (nSPS) is 16.4. The fourth-order valence-electron chi connectivity index (χ4n) is 4.20. The first kappa shape index (κ1) is 19.2. The van der Waals surface area contributed by atoms with Crippen LogP contribution in [-0.2, 0) is 0 Å². The van der Waals surface area contributed by atoms with Crippen LogP contribution in [0.1, 0.15) is 18.4 Å². The zero-order valence-electron chi connectivity index (χ0n) is 16.9. The Morgan fingerprint density at radius 3 is 2.71 bits per heavy atom. The van der Waals surface area contributed by atoms with Gasteiger partial charge in [0.15, 0.2) is 5.65 Å². The Morgan fingerprint density at radius 1 is 1.13 bits per heavy atom. The molecule has 1 aliphatic rings. The summed E-state index contributed by atoms with van der Waals surface area (Å²) < 4.78 is 16.4. The van der Waals surface area contributed by atoms with Gasteiger partial charge in [-0.25, -0.2) is 14.4 Å². The van der Waals surface area contributed by atoms with Crippen LogP contribution in [0.3, 0.4) is 0 Å². The van der Waals surface area contributed by atoms with Crippen LogP contribution < -0.4 is 10.6 Å². The molecule has 5 rings (SSSR count). The van der Waals surface area contributed by atoms with E-state index in [-0.39, 0.29) is 11.6 Å². The molecule has 0 amide bonds. The summed E-state index contributed by atoms with van der Waals surface area (Å²) in [7, 11) is 0. The molecule has 2 aromatic heterocycles. The molecule has 2 aromatic carbocycles. The molecule has 3 heterocycles. The number of nitrogens with zero attached hydrogens (tertiary/aromatic N) is 5. The summed E-state index contributed by atoms with van der Waals surface area (Å²) in [5.74, 6) is 0.00713. The first-order valence-electron chi connectivity index (χ1n) is 10.3. The van der Waals surface area contributed by atoms with E-state index in [1.807, 2.05) is 47.0 Å². The molecule has 7 heteroatoms. The summed E-state index contributed by atoms with van der Waals surface area (Å²) in [4.78, 5) is 11.8. The lowest BCUT2D eigenvalue weighted by Gasteiger charge is -2.32. The first-order chi connectivity index (χ1) is 15.2. The number of hydrogen-bond donors (Lipinski definition) is 1. The number of imidazole rings is 1. The Morgan fingerprint density at radius 2 is 1.97 bits per heavy atom. The van der Waals surface area contributed by atoms with Crippen molar-refractivity contribution in [1.29, 1.82) is 5.26 Å². The maximum atomic E-state index is 14.4. The van der Waals surface area contributed by atoms with Crippen LogP contribution in [0.15, 0.2) is 60.8 Å². The van der Waals surface area contributed by atoms with Crippen LogP contribution >= 0.6 is 0 Å². The highest BCUT2D eigenvalue weighted by Crippen LogP contribution is 2.33. The molecule has 1 saturated heterocycles. The second-order valence-corrected chi connectivity index (χ2v) is 7.76. The van der Waals surface area contributed by atoms with Crippen molar-refractivity contribution < 1.29 is 4.39 Å². The molecule has 154 valence electrons. The van der Waals surface area contributed by atoms with Gasteiger partial charge in [0.2, 0.25) is 0 Å². The zero-order valence-corrected chi connectivity index (χ0v) is 16.9. The highest BCUT2D eigenvalue weighted by atomic mass is 19.1. The topological polar surface area (TPSA) is 83.8 Å². The third kappa shape index (κ3) is 3.41. The van der Waals surface area contributed by atoms with Crippen molar-refractivity contribution in [1.82, 2.24) is 14.5 Å². The number of para-hydroxylation sites is 1. The first-order valence-corrected chi connectivity index (χ1v) is 10.3. The third-order valence-electron chi connectivity index (χ3n) is 5.69. The minimum absolute atomic E-state index is 0.00670. The van der Waals surface area contributed by atoms with Crippen molar-refractivity contribution in [3.8, 4) is 23.1 Å². The van der Waals surface area contributed by atoms with Crippen molar-refractivity contribution in [3.63, 3.8) is 0 Å². The second kappa shape index (κ2) is 7.82. The highest BCUT2D eigenvalue weighted by molar-refractivity contribution is 5.90. The molecule has 1 aliphatic heterocycles. The molecule has 0 saturated carbocycles. The lowest BCUT2D eigenvalue weighted by atomic mass is 10.1. The minimum Gasteiger partial charge on any atom is -0.368 e. The average molecular weight is 412 g/mol. The standard InChI is InChI=1S/C24H21FN6/c25-20-13-16(8-9-17(20)14-26)23-29-22-21(30-12-4-5-18(27)15-30)10-11-28-24(22)31(23)19-6-2-1-3-7-19/h1-3,6-11,13,18H,4-5,12,15,27H2/t18-/m1/s1. The maximum Gasteiger partial charge on any atom is 0.167 e. The van der Waals surface area contributed by atoms with E-state index in [9.17, 15) is 4.39 Å². The summed E-state index contributed by atoms with van der Waals surface area (Å²) in [6.45, 7) is 1.67. The number of halogens is 1. The molecular formula is C24H21FN6. The van der Waals surface area contributed by atoms with Gasteiger partial charge in [-0.3, -0.25) is 4.57 Å². The van der Waals surface area contributed by atoms with Gasteiger partial charge >= 0.3 is 0 Å². The smallest absolute Gasteiger partial charge is 0.167 e. The zero-order chi connectivity index (χ0) is 21.4. The van der Waals surface area contributed by atoms with Gasteiger partial charge in [-0.05, 0) is 49.2 Å². The number of aromatic nitrogens is 3. The number of nitriles is 1. The molecule has 1 atom stereocenters. The monoisotopic (exact) mass is 412 g/mol. The third-order valence-corrected chi connectivity index (χ3v) is 5.69. The molecule has 1 fully saturated rings. The lowest BCUT2D eigenvalue weighted by molar-refractivity contribution is 0.507. The van der Waals surface area contributed by atoms with E-state index in [1.165, 1.54) is 12.1 Å². The van der Waals surface area contributed by atoms with E-state index in [0.717, 1.165) is 42.8 Å². The van der Waals surface area contributed by atoms with Gasteiger partial charge in [0, 0.05) is 36.6 Å². The predicted molar refractivity (Wildman–Crippen MR) is 118 cm³/mol. The molecule has 0 radical (unpaired) electrons. The number of hydrogen-bond acceptors (Lipinski definition) is 5. The Hall–Kier alpha value is -3.76. The number of rotatable bonds is 3. The average Bonchev–Trinajstić information content (AvgIpc) is 3.19. The van der Waals surface area contributed by atoms with Crippen LogP contribution in [0, 0.1) is 17.1 Å². The molecule has 0 aliphatic carbocycles. The van der Waals surface area contributed by atoms with Crippen LogP contribution in [0.25, 0.3) is 28.2 Å². The van der Waals surface area contributed by atoms with Crippen LogP contribution in [0.5, 0.6) is 0 Å². The summed E-state index contributed by atoms with van der Waals surface area (Å²) in [6.07, 6.45) is 3.82. The number of pyridine rings is 1. The molecular weight excluding hydrogens is 391 g/mol. The SMILES string of the molecule is N#Cc1ccc(-c2nc3c(N4CCC[C@@H](N)C4)ccnc3n2-c2ccccc2)cc1F. The van der Waals surface area contributed by atoms with E-state index >= 15 is 0 Å².